The van der Waals surface area contributed by atoms with Gasteiger partial charge in [-0.3, -0.25) is 9.59 Å². The van der Waals surface area contributed by atoms with Gasteiger partial charge in [-0.2, -0.15) is 5.10 Å². The fourth-order valence-electron chi connectivity index (χ4n) is 2.44. The fraction of sp³-hybridized carbons (Fsp3) is 0.250. The summed E-state index contributed by atoms with van der Waals surface area (Å²) in [6.45, 7) is 1.82. The topological polar surface area (TPSA) is 70.6 Å². The highest BCUT2D eigenvalue weighted by molar-refractivity contribution is 6.01. The van der Waals surface area contributed by atoms with Crippen LogP contribution in [0.1, 0.15) is 30.9 Å². The SMILES string of the molecule is C/C(=N\NC(=O)Cc1ccccc1)c1cccc(NC(=O)C2CC2)c1. The lowest BCUT2D eigenvalue weighted by Gasteiger charge is -2.07. The Balaban J connectivity index is 1.59. The Kier molecular flexibility index (Phi) is 5.23. The van der Waals surface area contributed by atoms with E-state index in [-0.39, 0.29) is 24.2 Å². The molecule has 2 amide bonds. The molecule has 0 aliphatic heterocycles. The predicted molar refractivity (Wildman–Crippen MR) is 98.3 cm³/mol. The average Bonchev–Trinajstić information content (AvgIpc) is 3.46. The fourth-order valence-corrected chi connectivity index (χ4v) is 2.44. The number of rotatable bonds is 6. The van der Waals surface area contributed by atoms with Gasteiger partial charge in [-0.1, -0.05) is 42.5 Å². The molecule has 25 heavy (non-hydrogen) atoms. The summed E-state index contributed by atoms with van der Waals surface area (Å²) in [5.41, 5.74) is 5.81. The van der Waals surface area contributed by atoms with E-state index < -0.39 is 0 Å². The first kappa shape index (κ1) is 16.9. The third-order valence-corrected chi connectivity index (χ3v) is 4.05. The van der Waals surface area contributed by atoms with Gasteiger partial charge in [-0.05, 0) is 43.0 Å². The van der Waals surface area contributed by atoms with Crippen molar-refractivity contribution in [3.05, 3.63) is 65.7 Å². The highest BCUT2D eigenvalue weighted by atomic mass is 16.2. The van der Waals surface area contributed by atoms with Gasteiger partial charge >= 0.3 is 0 Å². The molecule has 0 radical (unpaired) electrons. The first-order chi connectivity index (χ1) is 12.1. The third kappa shape index (κ3) is 5.01. The molecule has 1 aliphatic rings. The van der Waals surface area contributed by atoms with Gasteiger partial charge in [0, 0.05) is 11.6 Å². The number of hydrogen-bond donors (Lipinski definition) is 2. The molecular weight excluding hydrogens is 314 g/mol. The van der Waals surface area contributed by atoms with Crippen LogP contribution in [0.4, 0.5) is 5.69 Å². The van der Waals surface area contributed by atoms with Crippen molar-refractivity contribution in [2.24, 2.45) is 11.0 Å². The molecule has 5 nitrogen and oxygen atoms in total. The van der Waals surface area contributed by atoms with Crippen LogP contribution in [0.25, 0.3) is 0 Å². The van der Waals surface area contributed by atoms with Crippen molar-refractivity contribution in [2.45, 2.75) is 26.2 Å². The van der Waals surface area contributed by atoms with E-state index in [9.17, 15) is 9.59 Å². The zero-order valence-corrected chi connectivity index (χ0v) is 14.2. The summed E-state index contributed by atoms with van der Waals surface area (Å²) >= 11 is 0. The lowest BCUT2D eigenvalue weighted by atomic mass is 10.1. The molecule has 0 saturated heterocycles. The molecule has 0 unspecified atom stereocenters. The number of hydrogen-bond acceptors (Lipinski definition) is 3. The lowest BCUT2D eigenvalue weighted by Crippen LogP contribution is -2.21. The summed E-state index contributed by atoms with van der Waals surface area (Å²) in [6.07, 6.45) is 2.23. The molecule has 2 aromatic rings. The molecule has 0 heterocycles. The molecule has 0 spiro atoms. The van der Waals surface area contributed by atoms with Gasteiger partial charge in [0.05, 0.1) is 12.1 Å². The van der Waals surface area contributed by atoms with E-state index >= 15 is 0 Å². The maximum absolute atomic E-state index is 12.0. The van der Waals surface area contributed by atoms with Gasteiger partial charge in [0.1, 0.15) is 0 Å². The van der Waals surface area contributed by atoms with E-state index in [0.717, 1.165) is 29.7 Å². The second kappa shape index (κ2) is 7.75. The van der Waals surface area contributed by atoms with Crippen LogP contribution >= 0.6 is 0 Å². The Morgan fingerprint density at radius 1 is 1.08 bits per heavy atom. The van der Waals surface area contributed by atoms with Crippen LogP contribution in [0.3, 0.4) is 0 Å². The van der Waals surface area contributed by atoms with E-state index in [4.69, 9.17) is 0 Å². The second-order valence-corrected chi connectivity index (χ2v) is 6.24. The zero-order chi connectivity index (χ0) is 17.6. The number of nitrogens with zero attached hydrogens (tertiary/aromatic N) is 1. The molecule has 0 bridgehead atoms. The van der Waals surface area contributed by atoms with E-state index in [0.29, 0.717) is 5.71 Å². The van der Waals surface area contributed by atoms with Crippen LogP contribution < -0.4 is 10.7 Å². The van der Waals surface area contributed by atoms with Crippen molar-refractivity contribution < 1.29 is 9.59 Å². The van der Waals surface area contributed by atoms with Crippen LogP contribution in [0.2, 0.25) is 0 Å². The van der Waals surface area contributed by atoms with Crippen LogP contribution in [0, 0.1) is 5.92 Å². The number of carbonyl (C=O) groups excluding carboxylic acids is 2. The van der Waals surface area contributed by atoms with Crippen molar-refractivity contribution in [3.63, 3.8) is 0 Å². The summed E-state index contributed by atoms with van der Waals surface area (Å²) in [4.78, 5) is 23.8. The minimum Gasteiger partial charge on any atom is -0.326 e. The van der Waals surface area contributed by atoms with Crippen molar-refractivity contribution in [1.29, 1.82) is 0 Å². The molecule has 1 fully saturated rings. The minimum absolute atomic E-state index is 0.0721. The number of nitrogens with one attached hydrogen (secondary N) is 2. The summed E-state index contributed by atoms with van der Waals surface area (Å²) in [5, 5.41) is 7.08. The number of carbonyl (C=O) groups is 2. The number of anilines is 1. The summed E-state index contributed by atoms with van der Waals surface area (Å²) in [5.74, 6) is 0.0716. The highest BCUT2D eigenvalue weighted by Gasteiger charge is 2.29. The van der Waals surface area contributed by atoms with Gasteiger partial charge in [-0.25, -0.2) is 5.43 Å². The average molecular weight is 335 g/mol. The molecule has 0 aromatic heterocycles. The summed E-state index contributed by atoms with van der Waals surface area (Å²) < 4.78 is 0. The van der Waals surface area contributed by atoms with Crippen LogP contribution in [0.15, 0.2) is 59.7 Å². The van der Waals surface area contributed by atoms with Crippen LogP contribution in [0.5, 0.6) is 0 Å². The first-order valence-corrected chi connectivity index (χ1v) is 8.40. The molecule has 1 aliphatic carbocycles. The quantitative estimate of drug-likeness (QED) is 0.629. The highest BCUT2D eigenvalue weighted by Crippen LogP contribution is 2.30. The molecule has 0 atom stereocenters. The molecule has 2 aromatic carbocycles. The first-order valence-electron chi connectivity index (χ1n) is 8.40. The molecule has 3 rings (SSSR count). The largest absolute Gasteiger partial charge is 0.326 e. The molecular formula is C20H21N3O2. The van der Waals surface area contributed by atoms with Crippen LogP contribution in [-0.4, -0.2) is 17.5 Å². The second-order valence-electron chi connectivity index (χ2n) is 6.24. The van der Waals surface area contributed by atoms with Crippen molar-refractivity contribution >= 4 is 23.2 Å². The van der Waals surface area contributed by atoms with E-state index in [1.165, 1.54) is 0 Å². The minimum atomic E-state index is -0.163. The monoisotopic (exact) mass is 335 g/mol. The number of hydrazone groups is 1. The van der Waals surface area contributed by atoms with E-state index in [2.05, 4.69) is 15.8 Å². The molecule has 5 heteroatoms. The molecule has 1 saturated carbocycles. The molecule has 2 N–H and O–H groups in total. The Labute approximate surface area is 147 Å². The number of benzene rings is 2. The van der Waals surface area contributed by atoms with E-state index in [1.807, 2.05) is 61.5 Å². The maximum atomic E-state index is 12.0. The normalized spacial score (nSPS) is 14.0. The summed E-state index contributed by atoms with van der Waals surface area (Å²) in [6, 6.07) is 17.0. The Hall–Kier alpha value is -2.95. The predicted octanol–water partition coefficient (Wildman–Crippen LogP) is 3.12. The van der Waals surface area contributed by atoms with E-state index in [1.54, 1.807) is 0 Å². The van der Waals surface area contributed by atoms with Gasteiger partial charge in [0.2, 0.25) is 11.8 Å². The van der Waals surface area contributed by atoms with Crippen molar-refractivity contribution in [3.8, 4) is 0 Å². The Morgan fingerprint density at radius 2 is 1.84 bits per heavy atom. The Morgan fingerprint density at radius 3 is 2.56 bits per heavy atom. The zero-order valence-electron chi connectivity index (χ0n) is 14.2. The smallest absolute Gasteiger partial charge is 0.244 e. The third-order valence-electron chi connectivity index (χ3n) is 4.05. The van der Waals surface area contributed by atoms with Crippen molar-refractivity contribution in [2.75, 3.05) is 5.32 Å². The van der Waals surface area contributed by atoms with Crippen LogP contribution in [-0.2, 0) is 16.0 Å². The van der Waals surface area contributed by atoms with Gasteiger partial charge in [0.25, 0.3) is 0 Å². The standard InChI is InChI=1S/C20H21N3O2/c1-14(22-23-19(24)12-15-6-3-2-4-7-15)17-8-5-9-18(13-17)21-20(25)16-10-11-16/h2-9,13,16H,10-12H2,1H3,(H,21,25)(H,23,24)/b22-14+. The lowest BCUT2D eigenvalue weighted by molar-refractivity contribution is -0.120. The van der Waals surface area contributed by atoms with Crippen molar-refractivity contribution in [1.82, 2.24) is 5.43 Å². The van der Waals surface area contributed by atoms with Gasteiger partial charge < -0.3 is 5.32 Å². The van der Waals surface area contributed by atoms with Gasteiger partial charge in [0.15, 0.2) is 0 Å². The summed E-state index contributed by atoms with van der Waals surface area (Å²) in [7, 11) is 0. The maximum Gasteiger partial charge on any atom is 0.244 e. The number of amides is 2. The van der Waals surface area contributed by atoms with Gasteiger partial charge in [-0.15, -0.1) is 0 Å². The molecule has 128 valence electrons. The Bertz CT molecular complexity index is 796.